The number of thioether (sulfide) groups is 1. The van der Waals surface area contributed by atoms with E-state index >= 15 is 0 Å². The van der Waals surface area contributed by atoms with Gasteiger partial charge in [0.05, 0.1) is 11.8 Å². The SMILES string of the molecule is O=C(c1ccc(-c2ccsc2)cc1)N1CC(N2C(=O)CSC2=O)C1. The summed E-state index contributed by atoms with van der Waals surface area (Å²) in [5.41, 5.74) is 2.85. The quantitative estimate of drug-likeness (QED) is 0.846. The third-order valence-electron chi connectivity index (χ3n) is 4.29. The molecule has 2 aliphatic rings. The van der Waals surface area contributed by atoms with E-state index in [0.29, 0.717) is 18.7 Å². The maximum Gasteiger partial charge on any atom is 0.289 e. The third kappa shape index (κ3) is 2.63. The van der Waals surface area contributed by atoms with Crippen molar-refractivity contribution in [2.24, 2.45) is 0 Å². The Bertz CT molecular complexity index is 780. The normalized spacial score (nSPS) is 18.2. The van der Waals surface area contributed by atoms with Gasteiger partial charge in [-0.2, -0.15) is 11.3 Å². The van der Waals surface area contributed by atoms with Crippen LogP contribution in [0, 0.1) is 0 Å². The number of hydrogen-bond acceptors (Lipinski definition) is 5. The average Bonchev–Trinajstić information content (AvgIpc) is 3.19. The van der Waals surface area contributed by atoms with E-state index in [2.05, 4.69) is 5.38 Å². The van der Waals surface area contributed by atoms with Gasteiger partial charge in [-0.3, -0.25) is 19.3 Å². The summed E-state index contributed by atoms with van der Waals surface area (Å²) in [6.45, 7) is 0.840. The maximum absolute atomic E-state index is 12.5. The smallest absolute Gasteiger partial charge is 0.289 e. The molecule has 3 amide bonds. The zero-order valence-electron chi connectivity index (χ0n) is 12.7. The number of carbonyl (C=O) groups excluding carboxylic acids is 3. The molecule has 3 heterocycles. The zero-order valence-corrected chi connectivity index (χ0v) is 14.3. The van der Waals surface area contributed by atoms with Gasteiger partial charge < -0.3 is 4.90 Å². The Morgan fingerprint density at radius 3 is 2.38 bits per heavy atom. The van der Waals surface area contributed by atoms with Crippen LogP contribution >= 0.6 is 23.1 Å². The van der Waals surface area contributed by atoms with Crippen LogP contribution in [-0.4, -0.2) is 51.7 Å². The van der Waals surface area contributed by atoms with E-state index in [1.54, 1.807) is 16.2 Å². The highest BCUT2D eigenvalue weighted by atomic mass is 32.2. The summed E-state index contributed by atoms with van der Waals surface area (Å²) < 4.78 is 0. The van der Waals surface area contributed by atoms with Gasteiger partial charge in [0.1, 0.15) is 0 Å². The molecule has 1 aromatic heterocycles. The van der Waals surface area contributed by atoms with Crippen molar-refractivity contribution in [1.29, 1.82) is 0 Å². The largest absolute Gasteiger partial charge is 0.334 e. The van der Waals surface area contributed by atoms with Gasteiger partial charge in [-0.25, -0.2) is 0 Å². The highest BCUT2D eigenvalue weighted by Crippen LogP contribution is 2.27. The average molecular weight is 358 g/mol. The first kappa shape index (κ1) is 15.4. The monoisotopic (exact) mass is 358 g/mol. The summed E-state index contributed by atoms with van der Waals surface area (Å²) in [7, 11) is 0. The number of benzene rings is 1. The van der Waals surface area contributed by atoms with Crippen LogP contribution in [0.2, 0.25) is 0 Å². The Balaban J connectivity index is 1.41. The van der Waals surface area contributed by atoms with Crippen molar-refractivity contribution in [1.82, 2.24) is 9.80 Å². The molecule has 2 fully saturated rings. The number of carbonyl (C=O) groups is 3. The number of rotatable bonds is 3. The van der Waals surface area contributed by atoms with Gasteiger partial charge in [-0.15, -0.1) is 0 Å². The highest BCUT2D eigenvalue weighted by molar-refractivity contribution is 8.14. The Hall–Kier alpha value is -2.12. The van der Waals surface area contributed by atoms with E-state index in [-0.39, 0.29) is 28.8 Å². The first-order valence-electron chi connectivity index (χ1n) is 7.54. The fraction of sp³-hybridized carbons (Fsp3) is 0.235. The molecule has 0 bridgehead atoms. The van der Waals surface area contributed by atoms with E-state index in [4.69, 9.17) is 0 Å². The van der Waals surface area contributed by atoms with Crippen LogP contribution in [0.4, 0.5) is 4.79 Å². The highest BCUT2D eigenvalue weighted by Gasteiger charge is 2.43. The number of imide groups is 1. The molecule has 2 aliphatic heterocycles. The molecule has 0 radical (unpaired) electrons. The molecule has 0 saturated carbocycles. The second kappa shape index (κ2) is 6.07. The number of thiophene rings is 1. The predicted octanol–water partition coefficient (Wildman–Crippen LogP) is 2.93. The van der Waals surface area contributed by atoms with E-state index in [9.17, 15) is 14.4 Å². The van der Waals surface area contributed by atoms with Gasteiger partial charge in [0.2, 0.25) is 5.91 Å². The van der Waals surface area contributed by atoms with E-state index in [1.165, 1.54) is 4.90 Å². The Morgan fingerprint density at radius 1 is 1.04 bits per heavy atom. The summed E-state index contributed by atoms with van der Waals surface area (Å²) in [4.78, 5) is 38.8. The van der Waals surface area contributed by atoms with Crippen LogP contribution in [0.5, 0.6) is 0 Å². The molecule has 1 aromatic carbocycles. The van der Waals surface area contributed by atoms with Gasteiger partial charge in [0.15, 0.2) is 0 Å². The molecule has 0 spiro atoms. The van der Waals surface area contributed by atoms with Crippen molar-refractivity contribution in [3.63, 3.8) is 0 Å². The molecule has 0 unspecified atom stereocenters. The molecular weight excluding hydrogens is 344 g/mol. The molecule has 0 aliphatic carbocycles. The van der Waals surface area contributed by atoms with E-state index in [1.807, 2.05) is 35.7 Å². The molecule has 24 heavy (non-hydrogen) atoms. The molecule has 4 rings (SSSR count). The molecule has 2 saturated heterocycles. The molecule has 2 aromatic rings. The third-order valence-corrected chi connectivity index (χ3v) is 5.80. The maximum atomic E-state index is 12.5. The number of nitrogens with zero attached hydrogens (tertiary/aromatic N) is 2. The van der Waals surface area contributed by atoms with Crippen molar-refractivity contribution >= 4 is 40.2 Å². The van der Waals surface area contributed by atoms with Gasteiger partial charge in [-0.05, 0) is 40.1 Å². The van der Waals surface area contributed by atoms with Gasteiger partial charge >= 0.3 is 0 Å². The second-order valence-corrected chi connectivity index (χ2v) is 7.48. The Morgan fingerprint density at radius 2 is 1.79 bits per heavy atom. The lowest BCUT2D eigenvalue weighted by atomic mass is 10.0. The summed E-state index contributed by atoms with van der Waals surface area (Å²) in [6, 6.07) is 9.40. The topological polar surface area (TPSA) is 57.7 Å². The van der Waals surface area contributed by atoms with Gasteiger partial charge in [0.25, 0.3) is 11.1 Å². The van der Waals surface area contributed by atoms with Gasteiger partial charge in [-0.1, -0.05) is 23.9 Å². The fourth-order valence-electron chi connectivity index (χ4n) is 2.92. The van der Waals surface area contributed by atoms with Crippen molar-refractivity contribution < 1.29 is 14.4 Å². The summed E-state index contributed by atoms with van der Waals surface area (Å²) >= 11 is 2.67. The lowest BCUT2D eigenvalue weighted by Gasteiger charge is -2.42. The molecule has 0 atom stereocenters. The molecule has 5 nitrogen and oxygen atoms in total. The van der Waals surface area contributed by atoms with Crippen LogP contribution in [0.15, 0.2) is 41.1 Å². The molecule has 0 N–H and O–H groups in total. The lowest BCUT2D eigenvalue weighted by molar-refractivity contribution is -0.128. The van der Waals surface area contributed by atoms with Crippen molar-refractivity contribution in [2.75, 3.05) is 18.8 Å². The first-order valence-corrected chi connectivity index (χ1v) is 9.47. The number of likely N-dealkylation sites (tertiary alicyclic amines) is 1. The summed E-state index contributed by atoms with van der Waals surface area (Å²) in [6.07, 6.45) is 0. The van der Waals surface area contributed by atoms with Crippen LogP contribution in [0.25, 0.3) is 11.1 Å². The van der Waals surface area contributed by atoms with Crippen molar-refractivity contribution in [3.8, 4) is 11.1 Å². The molecule has 122 valence electrons. The standard InChI is InChI=1S/C17H14N2O3S2/c20-15-10-24-17(22)19(15)14-7-18(8-14)16(21)12-3-1-11(2-4-12)13-5-6-23-9-13/h1-6,9,14H,7-8,10H2. The van der Waals surface area contributed by atoms with Crippen molar-refractivity contribution in [3.05, 3.63) is 46.7 Å². The minimum absolute atomic E-state index is 0.0603. The van der Waals surface area contributed by atoms with Crippen LogP contribution in [0.1, 0.15) is 10.4 Å². The summed E-state index contributed by atoms with van der Waals surface area (Å²) in [5.74, 6) is 0.00456. The first-order chi connectivity index (χ1) is 11.6. The fourth-order valence-corrected chi connectivity index (χ4v) is 4.36. The second-order valence-electron chi connectivity index (χ2n) is 5.77. The molecule has 7 heteroatoms. The van der Waals surface area contributed by atoms with E-state index in [0.717, 1.165) is 22.9 Å². The Kier molecular flexibility index (Phi) is 3.90. The van der Waals surface area contributed by atoms with Crippen LogP contribution in [-0.2, 0) is 4.79 Å². The lowest BCUT2D eigenvalue weighted by Crippen LogP contribution is -2.62. The minimum atomic E-state index is -0.197. The van der Waals surface area contributed by atoms with Crippen LogP contribution in [0.3, 0.4) is 0 Å². The summed E-state index contributed by atoms with van der Waals surface area (Å²) in [5, 5.41) is 3.89. The number of hydrogen-bond donors (Lipinski definition) is 0. The van der Waals surface area contributed by atoms with E-state index < -0.39 is 0 Å². The van der Waals surface area contributed by atoms with Crippen LogP contribution < -0.4 is 0 Å². The zero-order chi connectivity index (χ0) is 16.7. The Labute approximate surface area is 147 Å². The minimum Gasteiger partial charge on any atom is -0.334 e. The predicted molar refractivity (Wildman–Crippen MR) is 94.1 cm³/mol. The van der Waals surface area contributed by atoms with Gasteiger partial charge in [0, 0.05) is 18.7 Å². The number of amides is 3. The van der Waals surface area contributed by atoms with Crippen molar-refractivity contribution in [2.45, 2.75) is 6.04 Å². The molecular formula is C17H14N2O3S2.